The van der Waals surface area contributed by atoms with Crippen LogP contribution in [-0.4, -0.2) is 0 Å². The van der Waals surface area contributed by atoms with Crippen LogP contribution in [-0.2, 0) is 0 Å². The van der Waals surface area contributed by atoms with Crippen molar-refractivity contribution in [1.29, 1.82) is 0 Å². The number of anilines is 3. The lowest BCUT2D eigenvalue weighted by atomic mass is 9.96. The number of hydrogen-bond donors (Lipinski definition) is 0. The molecule has 0 saturated heterocycles. The number of nitrogens with zero attached hydrogens (tertiary/aromatic N) is 1. The van der Waals surface area contributed by atoms with Gasteiger partial charge in [0.2, 0.25) is 0 Å². The van der Waals surface area contributed by atoms with Gasteiger partial charge in [-0.1, -0.05) is 146 Å². The van der Waals surface area contributed by atoms with Crippen LogP contribution < -0.4 is 4.90 Å². The highest BCUT2D eigenvalue weighted by molar-refractivity contribution is 6.19. The fourth-order valence-electron chi connectivity index (χ4n) is 7.72. The van der Waals surface area contributed by atoms with E-state index in [9.17, 15) is 0 Å². The summed E-state index contributed by atoms with van der Waals surface area (Å²) in [5.74, 6) is 0. The van der Waals surface area contributed by atoms with E-state index in [0.29, 0.717) is 0 Å². The maximum absolute atomic E-state index is 6.42. The van der Waals surface area contributed by atoms with Crippen LogP contribution in [0, 0.1) is 0 Å². The summed E-state index contributed by atoms with van der Waals surface area (Å²) in [5, 5.41) is 9.57. The molecule has 0 fully saturated rings. The fraction of sp³-hybridized carbons (Fsp3) is 0. The summed E-state index contributed by atoms with van der Waals surface area (Å²) in [6.45, 7) is 0. The topological polar surface area (TPSA) is 16.4 Å². The Morgan fingerprint density at radius 1 is 0.340 bits per heavy atom. The Bertz CT molecular complexity index is 2860. The first kappa shape index (κ1) is 28.4. The molecule has 10 rings (SSSR count). The first-order valence-corrected chi connectivity index (χ1v) is 17.1. The second-order valence-electron chi connectivity index (χ2n) is 12.9. The van der Waals surface area contributed by atoms with E-state index < -0.39 is 0 Å². The Kier molecular flexibility index (Phi) is 6.53. The zero-order valence-corrected chi connectivity index (χ0v) is 27.3. The summed E-state index contributed by atoms with van der Waals surface area (Å²) in [6.07, 6.45) is 0. The molecule has 0 bridgehead atoms. The van der Waals surface area contributed by atoms with Gasteiger partial charge in [-0.15, -0.1) is 0 Å². The van der Waals surface area contributed by atoms with Crippen LogP contribution in [0.25, 0.3) is 76.5 Å². The molecule has 2 heteroatoms. The van der Waals surface area contributed by atoms with E-state index in [0.717, 1.165) is 39.0 Å². The fourth-order valence-corrected chi connectivity index (χ4v) is 7.72. The van der Waals surface area contributed by atoms with E-state index in [1.807, 2.05) is 0 Å². The van der Waals surface area contributed by atoms with Crippen molar-refractivity contribution in [2.75, 3.05) is 4.90 Å². The highest BCUT2D eigenvalue weighted by atomic mass is 16.3. The van der Waals surface area contributed by atoms with Gasteiger partial charge >= 0.3 is 0 Å². The van der Waals surface area contributed by atoms with E-state index in [-0.39, 0.29) is 0 Å². The first-order valence-electron chi connectivity index (χ1n) is 17.1. The third kappa shape index (κ3) is 4.57. The zero-order chi connectivity index (χ0) is 33.0. The second kappa shape index (κ2) is 11.5. The van der Waals surface area contributed by atoms with Gasteiger partial charge in [0, 0.05) is 27.5 Å². The molecule has 0 radical (unpaired) electrons. The smallest absolute Gasteiger partial charge is 0.136 e. The van der Waals surface area contributed by atoms with Gasteiger partial charge in [-0.05, 0) is 91.6 Å². The lowest BCUT2D eigenvalue weighted by molar-refractivity contribution is 0.669. The van der Waals surface area contributed by atoms with Gasteiger partial charge in [0.05, 0.1) is 5.69 Å². The van der Waals surface area contributed by atoms with Crippen LogP contribution in [0.1, 0.15) is 0 Å². The molecule has 50 heavy (non-hydrogen) atoms. The minimum Gasteiger partial charge on any atom is -0.456 e. The minimum absolute atomic E-state index is 0.885. The minimum atomic E-state index is 0.885. The van der Waals surface area contributed by atoms with E-state index in [2.05, 4.69) is 193 Å². The average molecular weight is 638 g/mol. The van der Waals surface area contributed by atoms with E-state index in [4.69, 9.17) is 4.42 Å². The maximum atomic E-state index is 6.42. The predicted molar refractivity (Wildman–Crippen MR) is 212 cm³/mol. The van der Waals surface area contributed by atoms with Crippen LogP contribution >= 0.6 is 0 Å². The molecule has 0 unspecified atom stereocenters. The Morgan fingerprint density at radius 3 is 1.76 bits per heavy atom. The largest absolute Gasteiger partial charge is 0.456 e. The van der Waals surface area contributed by atoms with Crippen molar-refractivity contribution in [3.63, 3.8) is 0 Å². The van der Waals surface area contributed by atoms with Gasteiger partial charge in [0.15, 0.2) is 0 Å². The van der Waals surface area contributed by atoms with Crippen LogP contribution in [0.3, 0.4) is 0 Å². The van der Waals surface area contributed by atoms with Gasteiger partial charge in [-0.3, -0.25) is 0 Å². The Labute approximate surface area is 290 Å². The van der Waals surface area contributed by atoms with Crippen molar-refractivity contribution in [2.24, 2.45) is 0 Å². The molecule has 0 saturated carbocycles. The molecule has 9 aromatic carbocycles. The third-order valence-electron chi connectivity index (χ3n) is 10.1. The summed E-state index contributed by atoms with van der Waals surface area (Å²) in [4.78, 5) is 2.40. The lowest BCUT2D eigenvalue weighted by Gasteiger charge is -2.28. The number of furan rings is 1. The van der Waals surface area contributed by atoms with E-state index in [1.54, 1.807) is 0 Å². The van der Waals surface area contributed by atoms with Crippen LogP contribution in [0.4, 0.5) is 17.1 Å². The monoisotopic (exact) mass is 637 g/mol. The molecule has 1 heterocycles. The number of rotatable bonds is 5. The summed E-state index contributed by atoms with van der Waals surface area (Å²) in [6, 6.07) is 67.5. The SMILES string of the molecule is c1ccc(-c2ccc(N(c3ccc(-c4cccc5ccccc45)cc3)c3ccc4oc5ccc6ccccc6c5c4c3)c3ccccc23)cc1. The van der Waals surface area contributed by atoms with Gasteiger partial charge in [0.1, 0.15) is 11.2 Å². The van der Waals surface area contributed by atoms with Crippen molar-refractivity contribution >= 4 is 71.3 Å². The molecular formula is C48H31NO. The summed E-state index contributed by atoms with van der Waals surface area (Å²) in [5.41, 5.74) is 9.92. The van der Waals surface area contributed by atoms with Crippen molar-refractivity contribution < 1.29 is 4.42 Å². The summed E-state index contributed by atoms with van der Waals surface area (Å²) in [7, 11) is 0. The standard InChI is InChI=1S/C48H31NO/c1-2-11-32(12-3-1)40-27-28-45(43-19-9-8-18-42(40)43)49(36-24-21-35(22-25-36)39-20-10-15-33-13-4-6-16-38(33)39)37-26-30-46-44(31-37)48-41-17-7-5-14-34(41)23-29-47(48)50-46/h1-31H. The predicted octanol–water partition coefficient (Wildman–Crippen LogP) is 13.8. The molecule has 2 nitrogen and oxygen atoms in total. The molecule has 1 aromatic heterocycles. The highest BCUT2D eigenvalue weighted by Gasteiger charge is 2.20. The average Bonchev–Trinajstić information content (AvgIpc) is 3.57. The Balaban J connectivity index is 1.20. The van der Waals surface area contributed by atoms with E-state index >= 15 is 0 Å². The molecule has 0 atom stereocenters. The first-order chi connectivity index (χ1) is 24.8. The van der Waals surface area contributed by atoms with E-state index in [1.165, 1.54) is 54.6 Å². The van der Waals surface area contributed by atoms with Gasteiger partial charge < -0.3 is 9.32 Å². The molecule has 0 N–H and O–H groups in total. The molecule has 0 aliphatic carbocycles. The van der Waals surface area contributed by atoms with Crippen LogP contribution in [0.5, 0.6) is 0 Å². The van der Waals surface area contributed by atoms with Crippen molar-refractivity contribution in [2.45, 2.75) is 0 Å². The van der Waals surface area contributed by atoms with Crippen LogP contribution in [0.15, 0.2) is 192 Å². The molecule has 234 valence electrons. The summed E-state index contributed by atoms with van der Waals surface area (Å²) < 4.78 is 6.42. The Hall–Kier alpha value is -6.64. The molecular weight excluding hydrogens is 607 g/mol. The van der Waals surface area contributed by atoms with Crippen molar-refractivity contribution in [3.05, 3.63) is 188 Å². The molecule has 10 aromatic rings. The zero-order valence-electron chi connectivity index (χ0n) is 27.3. The molecule has 0 aliphatic heterocycles. The molecule has 0 spiro atoms. The number of hydrogen-bond acceptors (Lipinski definition) is 2. The lowest BCUT2D eigenvalue weighted by Crippen LogP contribution is -2.10. The van der Waals surface area contributed by atoms with Crippen molar-refractivity contribution in [1.82, 2.24) is 0 Å². The highest BCUT2D eigenvalue weighted by Crippen LogP contribution is 2.45. The Morgan fingerprint density at radius 2 is 0.940 bits per heavy atom. The maximum Gasteiger partial charge on any atom is 0.136 e. The second-order valence-corrected chi connectivity index (χ2v) is 12.9. The van der Waals surface area contributed by atoms with Gasteiger partial charge in [-0.25, -0.2) is 0 Å². The molecule has 0 aliphatic rings. The van der Waals surface area contributed by atoms with Gasteiger partial charge in [0.25, 0.3) is 0 Å². The number of benzene rings is 9. The summed E-state index contributed by atoms with van der Waals surface area (Å²) >= 11 is 0. The van der Waals surface area contributed by atoms with Gasteiger partial charge in [-0.2, -0.15) is 0 Å². The molecule has 0 amide bonds. The number of fused-ring (bicyclic) bond motifs is 7. The normalized spacial score (nSPS) is 11.6. The quantitative estimate of drug-likeness (QED) is 0.187. The van der Waals surface area contributed by atoms with Crippen LogP contribution in [0.2, 0.25) is 0 Å². The third-order valence-corrected chi connectivity index (χ3v) is 10.1. The van der Waals surface area contributed by atoms with Crippen molar-refractivity contribution in [3.8, 4) is 22.3 Å².